The monoisotopic (exact) mass is 446 g/mol. The molecule has 166 valence electrons. The number of nitro groups is 1. The molecule has 9 heteroatoms. The molecular formula is C22H27ClN4O4. The first-order valence-electron chi connectivity index (χ1n) is 10.4. The van der Waals surface area contributed by atoms with Crippen LogP contribution in [0.3, 0.4) is 0 Å². The highest BCUT2D eigenvalue weighted by Crippen LogP contribution is 2.29. The van der Waals surface area contributed by atoms with Crippen molar-refractivity contribution in [2.75, 3.05) is 6.54 Å². The quantitative estimate of drug-likeness (QED) is 0.430. The Morgan fingerprint density at radius 1 is 1.32 bits per heavy atom. The van der Waals surface area contributed by atoms with Crippen molar-refractivity contribution in [3.63, 3.8) is 0 Å². The van der Waals surface area contributed by atoms with Crippen molar-refractivity contribution in [2.45, 2.75) is 51.7 Å². The van der Waals surface area contributed by atoms with Gasteiger partial charge in [-0.1, -0.05) is 18.5 Å². The van der Waals surface area contributed by atoms with Crippen LogP contribution in [0.25, 0.3) is 0 Å². The Morgan fingerprint density at radius 3 is 2.55 bits per heavy atom. The number of halogens is 1. The van der Waals surface area contributed by atoms with Crippen molar-refractivity contribution < 1.29 is 14.5 Å². The zero-order chi connectivity index (χ0) is 22.7. The number of benzene rings is 1. The van der Waals surface area contributed by atoms with Crippen LogP contribution >= 0.6 is 11.6 Å². The van der Waals surface area contributed by atoms with Crippen LogP contribution in [0.2, 0.25) is 5.02 Å². The van der Waals surface area contributed by atoms with Crippen molar-refractivity contribution in [1.82, 2.24) is 14.4 Å². The fourth-order valence-corrected chi connectivity index (χ4v) is 3.73. The highest BCUT2D eigenvalue weighted by molar-refractivity contribution is 6.34. The topological polar surface area (TPSA) is 88.7 Å². The third-order valence-corrected chi connectivity index (χ3v) is 6.09. The van der Waals surface area contributed by atoms with E-state index < -0.39 is 10.8 Å². The third-order valence-electron chi connectivity index (χ3n) is 5.77. The van der Waals surface area contributed by atoms with E-state index in [0.29, 0.717) is 13.0 Å². The number of aromatic nitrogens is 1. The number of rotatable bonds is 9. The van der Waals surface area contributed by atoms with Crippen molar-refractivity contribution in [1.29, 1.82) is 0 Å². The fraction of sp³-hybridized carbons (Fsp3) is 0.455. The molecule has 0 aliphatic heterocycles. The lowest BCUT2D eigenvalue weighted by molar-refractivity contribution is -0.384. The van der Waals surface area contributed by atoms with Gasteiger partial charge in [0.1, 0.15) is 6.54 Å². The second kappa shape index (κ2) is 9.51. The summed E-state index contributed by atoms with van der Waals surface area (Å²) < 4.78 is 1.98. The summed E-state index contributed by atoms with van der Waals surface area (Å²) in [5, 5.41) is 11.0. The van der Waals surface area contributed by atoms with E-state index >= 15 is 0 Å². The number of hydrogen-bond acceptors (Lipinski definition) is 4. The van der Waals surface area contributed by atoms with Gasteiger partial charge < -0.3 is 14.4 Å². The standard InChI is InChI=1S/C22H27ClN4O4/c1-4-15(2)25(22(29)19-10-9-17(27(30)31)12-20(19)23)14-21(28)26(16-7-8-16)13-18-6-5-11-24(18)3/h5-6,9-12,15-16H,4,7-8,13-14H2,1-3H3. The molecule has 31 heavy (non-hydrogen) atoms. The minimum atomic E-state index is -0.562. The Labute approximate surface area is 186 Å². The van der Waals surface area contributed by atoms with Crippen LogP contribution in [0.1, 0.15) is 49.2 Å². The maximum absolute atomic E-state index is 13.3. The van der Waals surface area contributed by atoms with Crippen LogP contribution < -0.4 is 0 Å². The van der Waals surface area contributed by atoms with Gasteiger partial charge in [0, 0.05) is 43.2 Å². The predicted octanol–water partition coefficient (Wildman–Crippen LogP) is 4.02. The summed E-state index contributed by atoms with van der Waals surface area (Å²) in [6, 6.07) is 7.69. The summed E-state index contributed by atoms with van der Waals surface area (Å²) in [4.78, 5) is 40.3. The molecule has 8 nitrogen and oxygen atoms in total. The number of carbonyl (C=O) groups is 2. The number of carbonyl (C=O) groups excluding carboxylic acids is 2. The van der Waals surface area contributed by atoms with Gasteiger partial charge in [0.25, 0.3) is 11.6 Å². The van der Waals surface area contributed by atoms with Crippen LogP contribution in [0.5, 0.6) is 0 Å². The van der Waals surface area contributed by atoms with E-state index in [4.69, 9.17) is 11.6 Å². The molecule has 0 bridgehead atoms. The molecule has 1 saturated carbocycles. The summed E-state index contributed by atoms with van der Waals surface area (Å²) in [7, 11) is 1.94. The van der Waals surface area contributed by atoms with Crippen LogP contribution in [0.4, 0.5) is 5.69 Å². The molecule has 2 amide bonds. The SMILES string of the molecule is CCC(C)N(CC(=O)N(Cc1cccn1C)C1CC1)C(=O)c1ccc([N+](=O)[O-])cc1Cl. The van der Waals surface area contributed by atoms with Crippen molar-refractivity contribution >= 4 is 29.1 Å². The molecule has 1 unspecified atom stereocenters. The third kappa shape index (κ3) is 5.25. The first-order chi connectivity index (χ1) is 14.7. The van der Waals surface area contributed by atoms with Gasteiger partial charge in [-0.3, -0.25) is 19.7 Å². The van der Waals surface area contributed by atoms with Crippen molar-refractivity contribution in [3.05, 3.63) is 62.9 Å². The number of amides is 2. The molecule has 1 aromatic carbocycles. The van der Waals surface area contributed by atoms with Gasteiger partial charge >= 0.3 is 0 Å². The predicted molar refractivity (Wildman–Crippen MR) is 118 cm³/mol. The number of nitro benzene ring substituents is 1. The maximum atomic E-state index is 13.3. The second-order valence-corrected chi connectivity index (χ2v) is 8.38. The van der Waals surface area contributed by atoms with Crippen molar-refractivity contribution in [3.8, 4) is 0 Å². The lowest BCUT2D eigenvalue weighted by atomic mass is 10.1. The van der Waals surface area contributed by atoms with Gasteiger partial charge in [-0.15, -0.1) is 0 Å². The first-order valence-corrected chi connectivity index (χ1v) is 10.7. The highest BCUT2D eigenvalue weighted by Gasteiger charge is 2.35. The first kappa shape index (κ1) is 22.8. The Kier molecular flexibility index (Phi) is 7.00. The van der Waals surface area contributed by atoms with Crippen LogP contribution in [0.15, 0.2) is 36.5 Å². The fourth-order valence-electron chi connectivity index (χ4n) is 3.47. The zero-order valence-electron chi connectivity index (χ0n) is 18.0. The Morgan fingerprint density at radius 2 is 2.03 bits per heavy atom. The normalized spacial score (nSPS) is 14.2. The lowest BCUT2D eigenvalue weighted by Gasteiger charge is -2.31. The minimum Gasteiger partial charge on any atom is -0.353 e. The van der Waals surface area contributed by atoms with E-state index in [1.165, 1.54) is 17.0 Å². The van der Waals surface area contributed by atoms with E-state index in [-0.39, 0.29) is 40.8 Å². The zero-order valence-corrected chi connectivity index (χ0v) is 18.7. The number of non-ortho nitro benzene ring substituents is 1. The molecule has 0 radical (unpaired) electrons. The second-order valence-electron chi connectivity index (χ2n) is 7.97. The Bertz CT molecular complexity index is 986. The summed E-state index contributed by atoms with van der Waals surface area (Å²) >= 11 is 6.18. The maximum Gasteiger partial charge on any atom is 0.270 e. The molecule has 1 atom stereocenters. The minimum absolute atomic E-state index is 0.00260. The van der Waals surface area contributed by atoms with Crippen molar-refractivity contribution in [2.24, 2.45) is 7.05 Å². The summed E-state index contributed by atoms with van der Waals surface area (Å²) in [6.07, 6.45) is 4.52. The van der Waals surface area contributed by atoms with E-state index in [1.807, 2.05) is 48.7 Å². The molecule has 1 aliphatic rings. The summed E-state index contributed by atoms with van der Waals surface area (Å²) in [5.41, 5.74) is 0.996. The molecular weight excluding hydrogens is 420 g/mol. The number of nitrogens with zero attached hydrogens (tertiary/aromatic N) is 4. The number of hydrogen-bond donors (Lipinski definition) is 0. The molecule has 2 aromatic rings. The van der Waals surface area contributed by atoms with E-state index in [1.54, 1.807) is 0 Å². The van der Waals surface area contributed by atoms with Gasteiger partial charge in [-0.05, 0) is 44.4 Å². The largest absolute Gasteiger partial charge is 0.353 e. The smallest absolute Gasteiger partial charge is 0.270 e. The molecule has 1 heterocycles. The molecule has 0 spiro atoms. The molecule has 1 fully saturated rings. The van der Waals surface area contributed by atoms with Gasteiger partial charge in [0.15, 0.2) is 0 Å². The molecule has 0 N–H and O–H groups in total. The van der Waals surface area contributed by atoms with Gasteiger partial charge in [0.05, 0.1) is 22.1 Å². The molecule has 1 aromatic heterocycles. The number of aryl methyl sites for hydroxylation is 1. The Hall–Kier alpha value is -2.87. The van der Waals surface area contributed by atoms with E-state index in [0.717, 1.165) is 24.6 Å². The van der Waals surface area contributed by atoms with Gasteiger partial charge in [0.2, 0.25) is 5.91 Å². The molecule has 3 rings (SSSR count). The van der Waals surface area contributed by atoms with Gasteiger partial charge in [-0.2, -0.15) is 0 Å². The van der Waals surface area contributed by atoms with Crippen LogP contribution in [-0.2, 0) is 18.4 Å². The van der Waals surface area contributed by atoms with Crippen LogP contribution in [0, 0.1) is 10.1 Å². The molecule has 1 aliphatic carbocycles. The average Bonchev–Trinajstić information content (AvgIpc) is 3.50. The lowest BCUT2D eigenvalue weighted by Crippen LogP contribution is -2.47. The summed E-state index contributed by atoms with van der Waals surface area (Å²) in [6.45, 7) is 4.24. The summed E-state index contributed by atoms with van der Waals surface area (Å²) in [5.74, 6) is -0.521. The highest BCUT2D eigenvalue weighted by atomic mass is 35.5. The van der Waals surface area contributed by atoms with E-state index in [9.17, 15) is 19.7 Å². The molecule has 0 saturated heterocycles. The Balaban J connectivity index is 1.82. The van der Waals surface area contributed by atoms with E-state index in [2.05, 4.69) is 0 Å². The van der Waals surface area contributed by atoms with Crippen LogP contribution in [-0.4, -0.2) is 49.7 Å². The van der Waals surface area contributed by atoms with Gasteiger partial charge in [-0.25, -0.2) is 0 Å². The average molecular weight is 447 g/mol.